The summed E-state index contributed by atoms with van der Waals surface area (Å²) in [6, 6.07) is 18.0. The van der Waals surface area contributed by atoms with E-state index >= 15 is 0 Å². The molecule has 0 spiro atoms. The van der Waals surface area contributed by atoms with E-state index in [0.717, 1.165) is 55.8 Å². The van der Waals surface area contributed by atoms with Crippen molar-refractivity contribution in [2.75, 3.05) is 0 Å². The van der Waals surface area contributed by atoms with Crippen LogP contribution >= 0.6 is 0 Å². The Labute approximate surface area is 248 Å². The van der Waals surface area contributed by atoms with Crippen molar-refractivity contribution in [3.05, 3.63) is 130 Å². The molecule has 3 unspecified atom stereocenters. The molecule has 0 bridgehead atoms. The lowest BCUT2D eigenvalue weighted by molar-refractivity contribution is 0.474. The standard InChI is InChI=1S/C39H37N3/c1-3-12-26(13-4-1)37-40-38(27-14-5-2-6-15-27)42-39(41-37)30-17-11-16-28(24-30)29-22-23-35-33-20-8-7-18-31(33)32-19-9-10-21-34(32)36(35)25-29/h1,3-4,7-9,11-12,14,16-20,22-24,26,29,37H,2,5-6,10,13,15,21,25H2,(H,40,41,42). The van der Waals surface area contributed by atoms with Crippen molar-refractivity contribution >= 4 is 34.6 Å². The second-order valence-corrected chi connectivity index (χ2v) is 12.3. The van der Waals surface area contributed by atoms with Crippen LogP contribution in [0.4, 0.5) is 0 Å². The number of rotatable bonds is 4. The van der Waals surface area contributed by atoms with Gasteiger partial charge in [-0.15, -0.1) is 0 Å². The maximum atomic E-state index is 5.21. The first kappa shape index (κ1) is 25.5. The Kier molecular flexibility index (Phi) is 6.59. The Hall–Kier alpha value is -4.24. The molecule has 3 heteroatoms. The molecule has 0 saturated carbocycles. The number of hydrogen-bond donors (Lipinski definition) is 1. The summed E-state index contributed by atoms with van der Waals surface area (Å²) < 4.78 is 0. The number of allylic oxidation sites excluding steroid dienone is 6. The van der Waals surface area contributed by atoms with Crippen LogP contribution in [0, 0.1) is 5.92 Å². The van der Waals surface area contributed by atoms with E-state index in [-0.39, 0.29) is 6.17 Å². The van der Waals surface area contributed by atoms with Gasteiger partial charge in [-0.3, -0.25) is 0 Å². The van der Waals surface area contributed by atoms with Crippen molar-refractivity contribution in [2.45, 2.75) is 63.5 Å². The van der Waals surface area contributed by atoms with E-state index in [9.17, 15) is 0 Å². The number of nitrogens with zero attached hydrogens (tertiary/aromatic N) is 2. The normalized spacial score (nSPS) is 24.4. The minimum atomic E-state index is -0.00510. The van der Waals surface area contributed by atoms with Crippen LogP contribution in [-0.4, -0.2) is 17.8 Å². The van der Waals surface area contributed by atoms with E-state index in [1.165, 1.54) is 51.4 Å². The number of fused-ring (bicyclic) bond motifs is 6. The second kappa shape index (κ2) is 10.9. The van der Waals surface area contributed by atoms with Crippen LogP contribution in [0.5, 0.6) is 0 Å². The van der Waals surface area contributed by atoms with Gasteiger partial charge in [0, 0.05) is 17.4 Å². The van der Waals surface area contributed by atoms with E-state index in [2.05, 4.69) is 109 Å². The maximum absolute atomic E-state index is 5.21. The maximum Gasteiger partial charge on any atom is 0.159 e. The molecule has 0 radical (unpaired) electrons. The van der Waals surface area contributed by atoms with Crippen LogP contribution in [0.2, 0.25) is 0 Å². The van der Waals surface area contributed by atoms with Crippen molar-refractivity contribution in [2.24, 2.45) is 15.9 Å². The van der Waals surface area contributed by atoms with Gasteiger partial charge < -0.3 is 5.32 Å². The Bertz CT molecular complexity index is 1780. The van der Waals surface area contributed by atoms with Crippen molar-refractivity contribution < 1.29 is 0 Å². The summed E-state index contributed by atoms with van der Waals surface area (Å²) in [7, 11) is 0. The summed E-state index contributed by atoms with van der Waals surface area (Å²) in [6.45, 7) is 0. The molecule has 4 aliphatic carbocycles. The van der Waals surface area contributed by atoms with Gasteiger partial charge in [0.25, 0.3) is 0 Å². The van der Waals surface area contributed by atoms with Gasteiger partial charge in [-0.05, 0) is 102 Å². The highest BCUT2D eigenvalue weighted by Crippen LogP contribution is 2.41. The van der Waals surface area contributed by atoms with Crippen LogP contribution in [-0.2, 0) is 12.8 Å². The Morgan fingerprint density at radius 2 is 1.69 bits per heavy atom. The molecule has 1 heterocycles. The molecule has 3 aromatic carbocycles. The average molecular weight is 548 g/mol. The topological polar surface area (TPSA) is 36.8 Å². The van der Waals surface area contributed by atoms with E-state index < -0.39 is 0 Å². The van der Waals surface area contributed by atoms with Crippen molar-refractivity contribution in [1.29, 1.82) is 0 Å². The quantitative estimate of drug-likeness (QED) is 0.348. The summed E-state index contributed by atoms with van der Waals surface area (Å²) in [5.74, 6) is 2.55. The molecule has 1 N–H and O–H groups in total. The molecule has 3 atom stereocenters. The molecule has 8 rings (SSSR count). The molecule has 5 aliphatic rings. The molecular weight excluding hydrogens is 510 g/mol. The van der Waals surface area contributed by atoms with E-state index in [0.29, 0.717) is 11.8 Å². The third-order valence-electron chi connectivity index (χ3n) is 9.64. The van der Waals surface area contributed by atoms with E-state index in [1.54, 1.807) is 5.56 Å². The van der Waals surface area contributed by atoms with Gasteiger partial charge >= 0.3 is 0 Å². The first-order valence-electron chi connectivity index (χ1n) is 15.8. The first-order chi connectivity index (χ1) is 20.8. The fourth-order valence-corrected chi connectivity index (χ4v) is 7.43. The van der Waals surface area contributed by atoms with Crippen LogP contribution in [0.1, 0.15) is 77.8 Å². The van der Waals surface area contributed by atoms with E-state index in [1.807, 2.05) is 0 Å². The lowest BCUT2D eigenvalue weighted by atomic mass is 9.77. The molecular formula is C39H37N3. The predicted molar refractivity (Wildman–Crippen MR) is 177 cm³/mol. The zero-order valence-corrected chi connectivity index (χ0v) is 24.1. The highest BCUT2D eigenvalue weighted by molar-refractivity contribution is 6.13. The second-order valence-electron chi connectivity index (χ2n) is 12.3. The van der Waals surface area contributed by atoms with Crippen molar-refractivity contribution in [3.8, 4) is 0 Å². The smallest absolute Gasteiger partial charge is 0.159 e. The van der Waals surface area contributed by atoms with E-state index in [4.69, 9.17) is 9.98 Å². The van der Waals surface area contributed by atoms with Gasteiger partial charge in [0.2, 0.25) is 0 Å². The molecule has 3 aromatic rings. The molecule has 0 fully saturated rings. The molecule has 208 valence electrons. The minimum absolute atomic E-state index is 0.00510. The van der Waals surface area contributed by atoms with Gasteiger partial charge in [-0.2, -0.15) is 0 Å². The Balaban J connectivity index is 1.16. The molecule has 0 aromatic heterocycles. The molecule has 3 nitrogen and oxygen atoms in total. The van der Waals surface area contributed by atoms with Gasteiger partial charge in [-0.25, -0.2) is 9.98 Å². The first-order valence-corrected chi connectivity index (χ1v) is 15.8. The largest absolute Gasteiger partial charge is 0.348 e. The molecule has 0 saturated heterocycles. The monoisotopic (exact) mass is 547 g/mol. The van der Waals surface area contributed by atoms with Gasteiger partial charge in [0.15, 0.2) is 5.84 Å². The zero-order chi connectivity index (χ0) is 27.9. The summed E-state index contributed by atoms with van der Waals surface area (Å²) in [5.41, 5.74) is 9.74. The summed E-state index contributed by atoms with van der Waals surface area (Å²) in [5, 5.41) is 6.48. The average Bonchev–Trinajstić information content (AvgIpc) is 3.09. The van der Waals surface area contributed by atoms with Crippen LogP contribution in [0.15, 0.2) is 107 Å². The lowest BCUT2D eigenvalue weighted by Crippen LogP contribution is -2.43. The third kappa shape index (κ3) is 4.61. The molecule has 42 heavy (non-hydrogen) atoms. The fraction of sp³-hybridized carbons (Fsp3) is 0.282. The van der Waals surface area contributed by atoms with Crippen molar-refractivity contribution in [3.63, 3.8) is 0 Å². The number of nitrogens with one attached hydrogen (secondary N) is 1. The SMILES string of the molecule is C1=CCC(C2N=C(c3cccc(C4C=Cc5c(c6c(c7ccccc57)C=CCC6)C4)c3)N=C(C3=CCCCC3)N2)C=C1. The van der Waals surface area contributed by atoms with Crippen LogP contribution in [0.25, 0.3) is 22.9 Å². The third-order valence-corrected chi connectivity index (χ3v) is 9.64. The zero-order valence-electron chi connectivity index (χ0n) is 24.1. The lowest BCUT2D eigenvalue weighted by Gasteiger charge is -2.30. The van der Waals surface area contributed by atoms with Crippen molar-refractivity contribution in [1.82, 2.24) is 5.32 Å². The Morgan fingerprint density at radius 1 is 0.786 bits per heavy atom. The highest BCUT2D eigenvalue weighted by atomic mass is 15.2. The predicted octanol–water partition coefficient (Wildman–Crippen LogP) is 8.86. The van der Waals surface area contributed by atoms with Gasteiger partial charge in [0.1, 0.15) is 12.0 Å². The number of hydrogen-bond acceptors (Lipinski definition) is 3. The molecule has 0 amide bonds. The number of aliphatic imine (C=N–C) groups is 2. The summed E-state index contributed by atoms with van der Waals surface area (Å²) >= 11 is 0. The fourth-order valence-electron chi connectivity index (χ4n) is 7.43. The van der Waals surface area contributed by atoms with Gasteiger partial charge in [-0.1, -0.05) is 97.1 Å². The van der Waals surface area contributed by atoms with Crippen LogP contribution < -0.4 is 5.32 Å². The number of amidine groups is 2. The minimum Gasteiger partial charge on any atom is -0.348 e. The summed E-state index contributed by atoms with van der Waals surface area (Å²) in [6.07, 6.45) is 29.7. The number of benzene rings is 3. The Morgan fingerprint density at radius 3 is 2.52 bits per heavy atom. The van der Waals surface area contributed by atoms with Crippen LogP contribution in [0.3, 0.4) is 0 Å². The summed E-state index contributed by atoms with van der Waals surface area (Å²) in [4.78, 5) is 10.4. The highest BCUT2D eigenvalue weighted by Gasteiger charge is 2.28. The van der Waals surface area contributed by atoms with Gasteiger partial charge in [0.05, 0.1) is 0 Å². The molecule has 1 aliphatic heterocycles.